The van der Waals surface area contributed by atoms with E-state index >= 15 is 0 Å². The van der Waals surface area contributed by atoms with Crippen molar-refractivity contribution in [2.45, 2.75) is 6.10 Å². The van der Waals surface area contributed by atoms with Crippen molar-refractivity contribution in [1.82, 2.24) is 10.3 Å². The van der Waals surface area contributed by atoms with Gasteiger partial charge in [-0.05, 0) is 19.2 Å². The summed E-state index contributed by atoms with van der Waals surface area (Å²) in [6, 6.07) is 3.61. The molecule has 1 saturated heterocycles. The summed E-state index contributed by atoms with van der Waals surface area (Å²) in [6.07, 6.45) is 1.77. The molecule has 2 rings (SSSR count). The molecule has 1 fully saturated rings. The van der Waals surface area contributed by atoms with Crippen molar-refractivity contribution in [3.8, 4) is 0 Å². The number of amides is 1. The molecule has 0 aliphatic carbocycles. The fraction of sp³-hybridized carbons (Fsp3) is 0.500. The van der Waals surface area contributed by atoms with Crippen LogP contribution < -0.4 is 16.0 Å². The number of hydrogen-bond acceptors (Lipinski definition) is 5. The number of primary amides is 1. The van der Waals surface area contributed by atoms with Crippen LogP contribution in [0.15, 0.2) is 18.3 Å². The summed E-state index contributed by atoms with van der Waals surface area (Å²) < 4.78 is 5.64. The van der Waals surface area contributed by atoms with E-state index in [0.717, 1.165) is 25.3 Å². The number of carbonyl (C=O) groups is 1. The van der Waals surface area contributed by atoms with E-state index in [0.29, 0.717) is 12.3 Å². The Hall–Kier alpha value is -1.66. The van der Waals surface area contributed by atoms with Crippen molar-refractivity contribution >= 4 is 11.6 Å². The van der Waals surface area contributed by atoms with Gasteiger partial charge in [0.15, 0.2) is 0 Å². The Balaban J connectivity index is 2.10. The lowest BCUT2D eigenvalue weighted by molar-refractivity contribution is 0.0421. The van der Waals surface area contributed by atoms with Crippen molar-refractivity contribution in [1.29, 1.82) is 0 Å². The summed E-state index contributed by atoms with van der Waals surface area (Å²) in [5, 5.41) is 3.10. The second kappa shape index (κ2) is 5.79. The number of ether oxygens (including phenoxy) is 1. The molecule has 1 aliphatic rings. The van der Waals surface area contributed by atoms with Gasteiger partial charge in [0, 0.05) is 31.5 Å². The number of nitrogens with two attached hydrogens (primary N) is 1. The first kappa shape index (κ1) is 12.8. The maximum Gasteiger partial charge on any atom is 0.267 e. The molecule has 98 valence electrons. The van der Waals surface area contributed by atoms with Crippen molar-refractivity contribution in [2.75, 3.05) is 38.2 Å². The first-order chi connectivity index (χ1) is 8.70. The molecule has 18 heavy (non-hydrogen) atoms. The van der Waals surface area contributed by atoms with Crippen LogP contribution in [0.4, 0.5) is 5.69 Å². The molecule has 1 atom stereocenters. The number of hydrogen-bond donors (Lipinski definition) is 2. The maximum absolute atomic E-state index is 11.1. The Morgan fingerprint density at radius 1 is 1.72 bits per heavy atom. The first-order valence-corrected chi connectivity index (χ1v) is 5.97. The summed E-state index contributed by atoms with van der Waals surface area (Å²) in [5.41, 5.74) is 6.49. The van der Waals surface area contributed by atoms with Crippen LogP contribution in [0.2, 0.25) is 0 Å². The molecular formula is C12H18N4O2. The van der Waals surface area contributed by atoms with Crippen molar-refractivity contribution in [3.63, 3.8) is 0 Å². The van der Waals surface area contributed by atoms with Gasteiger partial charge in [0.1, 0.15) is 5.69 Å². The quantitative estimate of drug-likeness (QED) is 0.760. The topological polar surface area (TPSA) is 80.5 Å². The molecule has 1 aromatic rings. The van der Waals surface area contributed by atoms with Crippen LogP contribution in [-0.2, 0) is 4.74 Å². The fourth-order valence-electron chi connectivity index (χ4n) is 2.06. The smallest absolute Gasteiger partial charge is 0.267 e. The molecule has 0 aromatic carbocycles. The van der Waals surface area contributed by atoms with E-state index in [1.807, 2.05) is 13.1 Å². The van der Waals surface area contributed by atoms with Gasteiger partial charge in [0.25, 0.3) is 5.91 Å². The molecule has 6 nitrogen and oxygen atoms in total. The highest BCUT2D eigenvalue weighted by Crippen LogP contribution is 2.17. The minimum absolute atomic E-state index is 0.161. The molecule has 1 unspecified atom stereocenters. The number of rotatable bonds is 4. The first-order valence-electron chi connectivity index (χ1n) is 5.97. The van der Waals surface area contributed by atoms with Gasteiger partial charge in [-0.1, -0.05) is 0 Å². The van der Waals surface area contributed by atoms with Gasteiger partial charge in [-0.25, -0.2) is 0 Å². The summed E-state index contributed by atoms with van der Waals surface area (Å²) in [5.74, 6) is -0.503. The predicted molar refractivity (Wildman–Crippen MR) is 68.6 cm³/mol. The van der Waals surface area contributed by atoms with Crippen LogP contribution in [-0.4, -0.2) is 50.3 Å². The Morgan fingerprint density at radius 2 is 2.56 bits per heavy atom. The van der Waals surface area contributed by atoms with E-state index in [9.17, 15) is 4.79 Å². The van der Waals surface area contributed by atoms with Crippen LogP contribution in [0, 0.1) is 0 Å². The van der Waals surface area contributed by atoms with E-state index in [1.165, 1.54) is 0 Å². The molecule has 1 amide bonds. The molecule has 1 aromatic heterocycles. The molecule has 0 spiro atoms. The minimum Gasteiger partial charge on any atom is -0.373 e. The summed E-state index contributed by atoms with van der Waals surface area (Å²) >= 11 is 0. The van der Waals surface area contributed by atoms with Crippen molar-refractivity contribution < 1.29 is 9.53 Å². The second-order valence-corrected chi connectivity index (χ2v) is 4.26. The Labute approximate surface area is 106 Å². The van der Waals surface area contributed by atoms with E-state index in [4.69, 9.17) is 10.5 Å². The zero-order chi connectivity index (χ0) is 13.0. The minimum atomic E-state index is -0.503. The second-order valence-electron chi connectivity index (χ2n) is 4.26. The van der Waals surface area contributed by atoms with Crippen molar-refractivity contribution in [3.05, 3.63) is 24.0 Å². The largest absolute Gasteiger partial charge is 0.373 e. The number of aromatic nitrogens is 1. The van der Waals surface area contributed by atoms with Gasteiger partial charge in [0.05, 0.1) is 12.7 Å². The molecule has 3 N–H and O–H groups in total. The summed E-state index contributed by atoms with van der Waals surface area (Å²) in [4.78, 5) is 17.2. The molecule has 1 aliphatic heterocycles. The molecule has 6 heteroatoms. The SMILES string of the molecule is CNCC1CN(c2ccnc(C(N)=O)c2)CCO1. The van der Waals surface area contributed by atoms with Crippen LogP contribution >= 0.6 is 0 Å². The number of pyridine rings is 1. The third-order valence-corrected chi connectivity index (χ3v) is 2.93. The van der Waals surface area contributed by atoms with Gasteiger partial charge < -0.3 is 20.7 Å². The Kier molecular flexibility index (Phi) is 4.11. The number of carbonyl (C=O) groups excluding carboxylic acids is 1. The van der Waals surface area contributed by atoms with Crippen LogP contribution in [0.3, 0.4) is 0 Å². The molecular weight excluding hydrogens is 232 g/mol. The highest BCUT2D eigenvalue weighted by atomic mass is 16.5. The summed E-state index contributed by atoms with van der Waals surface area (Å²) in [6.45, 7) is 3.09. The maximum atomic E-state index is 11.1. The van der Waals surface area contributed by atoms with Gasteiger partial charge in [-0.3, -0.25) is 9.78 Å². The third-order valence-electron chi connectivity index (χ3n) is 2.93. The predicted octanol–water partition coefficient (Wildman–Crippen LogP) is -0.395. The third kappa shape index (κ3) is 2.96. The Bertz CT molecular complexity index is 422. The monoisotopic (exact) mass is 250 g/mol. The van der Waals surface area contributed by atoms with Crippen LogP contribution in [0.1, 0.15) is 10.5 Å². The summed E-state index contributed by atoms with van der Waals surface area (Å²) in [7, 11) is 1.90. The average Bonchev–Trinajstić information content (AvgIpc) is 2.39. The van der Waals surface area contributed by atoms with E-state index in [1.54, 1.807) is 12.3 Å². The number of anilines is 1. The molecule has 2 heterocycles. The number of nitrogens with one attached hydrogen (secondary N) is 1. The zero-order valence-corrected chi connectivity index (χ0v) is 10.4. The van der Waals surface area contributed by atoms with Gasteiger partial charge in [0.2, 0.25) is 0 Å². The van der Waals surface area contributed by atoms with Crippen LogP contribution in [0.5, 0.6) is 0 Å². The zero-order valence-electron chi connectivity index (χ0n) is 10.4. The number of morpholine rings is 1. The van der Waals surface area contributed by atoms with Gasteiger partial charge >= 0.3 is 0 Å². The van der Waals surface area contributed by atoms with Crippen molar-refractivity contribution in [2.24, 2.45) is 5.73 Å². The Morgan fingerprint density at radius 3 is 3.28 bits per heavy atom. The average molecular weight is 250 g/mol. The van der Waals surface area contributed by atoms with E-state index in [-0.39, 0.29) is 6.10 Å². The molecule has 0 saturated carbocycles. The van der Waals surface area contributed by atoms with Gasteiger partial charge in [-0.2, -0.15) is 0 Å². The lowest BCUT2D eigenvalue weighted by Gasteiger charge is -2.34. The molecule has 0 radical (unpaired) electrons. The highest BCUT2D eigenvalue weighted by Gasteiger charge is 2.20. The highest BCUT2D eigenvalue weighted by molar-refractivity contribution is 5.91. The van der Waals surface area contributed by atoms with E-state index in [2.05, 4.69) is 15.2 Å². The molecule has 0 bridgehead atoms. The number of likely N-dealkylation sites (N-methyl/N-ethyl adjacent to an activating group) is 1. The normalized spacial score (nSPS) is 19.8. The van der Waals surface area contributed by atoms with Crippen LogP contribution in [0.25, 0.3) is 0 Å². The van der Waals surface area contributed by atoms with E-state index < -0.39 is 5.91 Å². The fourth-order valence-corrected chi connectivity index (χ4v) is 2.06. The standard InChI is InChI=1S/C12H18N4O2/c1-14-7-10-8-16(4-5-18-10)9-2-3-15-11(6-9)12(13)17/h2-3,6,10,14H,4-5,7-8H2,1H3,(H2,13,17). The van der Waals surface area contributed by atoms with Gasteiger partial charge in [-0.15, -0.1) is 0 Å². The number of nitrogens with zero attached hydrogens (tertiary/aromatic N) is 2. The lowest BCUT2D eigenvalue weighted by atomic mass is 10.2. The lowest BCUT2D eigenvalue weighted by Crippen LogP contribution is -2.46.